The number of benzene rings is 2. The first-order chi connectivity index (χ1) is 12.5. The number of hydrogen-bond donors (Lipinski definition) is 2. The van der Waals surface area contributed by atoms with Gasteiger partial charge in [-0.2, -0.15) is 0 Å². The molecule has 0 aliphatic rings. The number of hydrogen-bond acceptors (Lipinski definition) is 4. The summed E-state index contributed by atoms with van der Waals surface area (Å²) in [6.45, 7) is 4.48. The van der Waals surface area contributed by atoms with E-state index < -0.39 is 0 Å². The molecule has 2 N–H and O–H groups in total. The number of aromatic nitrogens is 2. The molecule has 0 atom stereocenters. The van der Waals surface area contributed by atoms with Gasteiger partial charge in [0.15, 0.2) is 0 Å². The summed E-state index contributed by atoms with van der Waals surface area (Å²) >= 11 is 5.85. The minimum atomic E-state index is -0.273. The van der Waals surface area contributed by atoms with E-state index in [1.165, 1.54) is 11.8 Å². The summed E-state index contributed by atoms with van der Waals surface area (Å²) in [6.07, 6.45) is 3.01. The lowest BCUT2D eigenvalue weighted by Crippen LogP contribution is -2.24. The van der Waals surface area contributed by atoms with E-state index in [9.17, 15) is 4.79 Å². The molecule has 5 nitrogen and oxygen atoms in total. The van der Waals surface area contributed by atoms with E-state index in [0.717, 1.165) is 16.8 Å². The molecular weight excluding hydrogens is 348 g/mol. The van der Waals surface area contributed by atoms with E-state index in [1.54, 1.807) is 18.3 Å². The van der Waals surface area contributed by atoms with E-state index in [1.807, 2.05) is 38.1 Å². The normalized spacial score (nSPS) is 10.4. The average molecular weight is 367 g/mol. The van der Waals surface area contributed by atoms with Gasteiger partial charge in [-0.15, -0.1) is 0 Å². The van der Waals surface area contributed by atoms with E-state index in [2.05, 4.69) is 26.7 Å². The zero-order valence-electron chi connectivity index (χ0n) is 14.6. The Morgan fingerprint density at radius 3 is 2.46 bits per heavy atom. The molecular formula is C20H19ClN4O. The molecule has 0 aliphatic heterocycles. The molecule has 1 heterocycles. The molecule has 3 aromatic rings. The van der Waals surface area contributed by atoms with Crippen molar-refractivity contribution in [2.75, 3.05) is 5.32 Å². The Balaban J connectivity index is 1.61. The maximum absolute atomic E-state index is 12.2. The van der Waals surface area contributed by atoms with Crippen LogP contribution in [-0.2, 0) is 6.54 Å². The maximum atomic E-state index is 12.2. The Hall–Kier alpha value is -2.92. The largest absolute Gasteiger partial charge is 0.347 e. The molecule has 0 bridgehead atoms. The van der Waals surface area contributed by atoms with Crippen molar-refractivity contribution in [1.82, 2.24) is 15.3 Å². The number of aryl methyl sites for hydroxylation is 2. The molecule has 2 aromatic carbocycles. The lowest BCUT2D eigenvalue weighted by Gasteiger charge is -2.10. The van der Waals surface area contributed by atoms with Gasteiger partial charge in [0.05, 0.1) is 12.4 Å². The molecule has 1 aromatic heterocycles. The first kappa shape index (κ1) is 17.9. The summed E-state index contributed by atoms with van der Waals surface area (Å²) in [4.78, 5) is 20.6. The fourth-order valence-corrected chi connectivity index (χ4v) is 2.60. The highest BCUT2D eigenvalue weighted by Crippen LogP contribution is 2.19. The van der Waals surface area contributed by atoms with Gasteiger partial charge in [-0.1, -0.05) is 41.4 Å². The number of carbonyl (C=O) groups is 1. The Bertz CT molecular complexity index is 908. The first-order valence-corrected chi connectivity index (χ1v) is 8.58. The van der Waals surface area contributed by atoms with Gasteiger partial charge in [0.2, 0.25) is 0 Å². The Morgan fingerprint density at radius 2 is 1.81 bits per heavy atom. The van der Waals surface area contributed by atoms with Crippen LogP contribution in [0.4, 0.5) is 11.5 Å². The van der Waals surface area contributed by atoms with Crippen LogP contribution in [0.3, 0.4) is 0 Å². The van der Waals surface area contributed by atoms with Crippen LogP contribution in [-0.4, -0.2) is 15.9 Å². The summed E-state index contributed by atoms with van der Waals surface area (Å²) in [5.41, 5.74) is 4.52. The van der Waals surface area contributed by atoms with Crippen molar-refractivity contribution in [2.24, 2.45) is 0 Å². The summed E-state index contributed by atoms with van der Waals surface area (Å²) in [7, 11) is 0. The van der Waals surface area contributed by atoms with Crippen LogP contribution in [0.1, 0.15) is 27.2 Å². The van der Waals surface area contributed by atoms with Gasteiger partial charge < -0.3 is 10.6 Å². The number of nitrogens with one attached hydrogen (secondary N) is 2. The molecule has 132 valence electrons. The minimum Gasteiger partial charge on any atom is -0.347 e. The van der Waals surface area contributed by atoms with Crippen molar-refractivity contribution in [3.63, 3.8) is 0 Å². The van der Waals surface area contributed by atoms with Gasteiger partial charge in [-0.25, -0.2) is 9.97 Å². The Labute approximate surface area is 157 Å². The molecule has 0 aliphatic carbocycles. The van der Waals surface area contributed by atoms with Crippen LogP contribution in [0.15, 0.2) is 54.9 Å². The summed E-state index contributed by atoms with van der Waals surface area (Å²) in [5, 5.41) is 6.69. The van der Waals surface area contributed by atoms with Gasteiger partial charge in [-0.3, -0.25) is 4.79 Å². The number of nitrogens with zero attached hydrogens (tertiary/aromatic N) is 2. The second-order valence-electron chi connectivity index (χ2n) is 6.04. The van der Waals surface area contributed by atoms with Crippen molar-refractivity contribution < 1.29 is 4.79 Å². The van der Waals surface area contributed by atoms with Crippen LogP contribution in [0.5, 0.6) is 0 Å². The highest BCUT2D eigenvalue weighted by Gasteiger charge is 2.08. The standard InChI is InChI=1S/C20H19ClN4O/c1-13-3-8-17(14(2)9-13)25-19-12-22-18(11-23-19)20(26)24-10-15-4-6-16(21)7-5-15/h3-9,11-12H,10H2,1-2H3,(H,23,25)(H,24,26). The molecule has 0 radical (unpaired) electrons. The van der Waals surface area contributed by atoms with E-state index in [0.29, 0.717) is 17.4 Å². The van der Waals surface area contributed by atoms with Crippen LogP contribution < -0.4 is 10.6 Å². The highest BCUT2D eigenvalue weighted by atomic mass is 35.5. The fraction of sp³-hybridized carbons (Fsp3) is 0.150. The van der Waals surface area contributed by atoms with Crippen LogP contribution in [0.2, 0.25) is 5.02 Å². The second kappa shape index (κ2) is 7.97. The quantitative estimate of drug-likeness (QED) is 0.701. The van der Waals surface area contributed by atoms with Crippen molar-refractivity contribution in [3.8, 4) is 0 Å². The van der Waals surface area contributed by atoms with Gasteiger partial charge >= 0.3 is 0 Å². The van der Waals surface area contributed by atoms with Gasteiger partial charge in [-0.05, 0) is 43.2 Å². The third kappa shape index (κ3) is 4.58. The predicted molar refractivity (Wildman–Crippen MR) is 104 cm³/mol. The molecule has 1 amide bonds. The van der Waals surface area contributed by atoms with E-state index in [4.69, 9.17) is 11.6 Å². The summed E-state index contributed by atoms with van der Waals surface area (Å²) in [5.74, 6) is 0.316. The summed E-state index contributed by atoms with van der Waals surface area (Å²) in [6, 6.07) is 13.4. The smallest absolute Gasteiger partial charge is 0.271 e. The molecule has 0 fully saturated rings. The Morgan fingerprint density at radius 1 is 1.04 bits per heavy atom. The number of halogens is 1. The van der Waals surface area contributed by atoms with Crippen LogP contribution in [0.25, 0.3) is 0 Å². The lowest BCUT2D eigenvalue weighted by molar-refractivity contribution is 0.0945. The van der Waals surface area contributed by atoms with Crippen LogP contribution >= 0.6 is 11.6 Å². The predicted octanol–water partition coefficient (Wildman–Crippen LogP) is 4.42. The maximum Gasteiger partial charge on any atom is 0.271 e. The molecule has 0 unspecified atom stereocenters. The van der Waals surface area contributed by atoms with Crippen molar-refractivity contribution in [3.05, 3.63) is 82.3 Å². The van der Waals surface area contributed by atoms with Crippen molar-refractivity contribution in [2.45, 2.75) is 20.4 Å². The lowest BCUT2D eigenvalue weighted by atomic mass is 10.1. The molecule has 0 saturated heterocycles. The number of rotatable bonds is 5. The number of anilines is 2. The highest BCUT2D eigenvalue weighted by molar-refractivity contribution is 6.30. The minimum absolute atomic E-state index is 0.269. The summed E-state index contributed by atoms with van der Waals surface area (Å²) < 4.78 is 0. The van der Waals surface area contributed by atoms with Gasteiger partial charge in [0.25, 0.3) is 5.91 Å². The number of amides is 1. The van der Waals surface area contributed by atoms with Gasteiger partial charge in [0, 0.05) is 17.3 Å². The van der Waals surface area contributed by atoms with Crippen LogP contribution in [0, 0.1) is 13.8 Å². The van der Waals surface area contributed by atoms with E-state index in [-0.39, 0.29) is 11.6 Å². The second-order valence-corrected chi connectivity index (χ2v) is 6.48. The fourth-order valence-electron chi connectivity index (χ4n) is 2.48. The van der Waals surface area contributed by atoms with Crippen molar-refractivity contribution >= 4 is 29.0 Å². The third-order valence-corrected chi connectivity index (χ3v) is 4.15. The monoisotopic (exact) mass is 366 g/mol. The molecule has 3 rings (SSSR count). The topological polar surface area (TPSA) is 66.9 Å². The molecule has 26 heavy (non-hydrogen) atoms. The molecule has 6 heteroatoms. The van der Waals surface area contributed by atoms with Gasteiger partial charge in [0.1, 0.15) is 11.5 Å². The molecule has 0 spiro atoms. The molecule has 0 saturated carbocycles. The zero-order valence-corrected chi connectivity index (χ0v) is 15.3. The number of carbonyl (C=O) groups excluding carboxylic acids is 1. The Kier molecular flexibility index (Phi) is 5.49. The van der Waals surface area contributed by atoms with Crippen molar-refractivity contribution in [1.29, 1.82) is 0 Å². The zero-order chi connectivity index (χ0) is 18.5. The third-order valence-electron chi connectivity index (χ3n) is 3.90. The first-order valence-electron chi connectivity index (χ1n) is 8.20. The SMILES string of the molecule is Cc1ccc(Nc2cnc(C(=O)NCc3ccc(Cl)cc3)cn2)c(C)c1. The average Bonchev–Trinajstić information content (AvgIpc) is 2.64. The van der Waals surface area contributed by atoms with E-state index >= 15 is 0 Å².